The first-order valence-electron chi connectivity index (χ1n) is 7.82. The first-order chi connectivity index (χ1) is 11.3. The molecule has 1 amide bonds. The Labute approximate surface area is 157 Å². The molecule has 24 heavy (non-hydrogen) atoms. The molecule has 0 aliphatic heterocycles. The number of thioether (sulfide) groups is 1. The molecule has 0 aromatic heterocycles. The molecule has 0 bridgehead atoms. The Morgan fingerprint density at radius 2 is 2.00 bits per heavy atom. The van der Waals surface area contributed by atoms with Gasteiger partial charge < -0.3 is 0 Å². The zero-order valence-corrected chi connectivity index (χ0v) is 17.2. The fourth-order valence-electron chi connectivity index (χ4n) is 1.82. The van der Waals surface area contributed by atoms with Gasteiger partial charge in [-0.05, 0) is 0 Å². The number of amides is 1. The Kier molecular flexibility index (Phi) is 9.26. The molecule has 0 heterocycles. The summed E-state index contributed by atoms with van der Waals surface area (Å²) in [5, 5.41) is 6.09. The van der Waals surface area contributed by atoms with Crippen LogP contribution < -0.4 is 10.6 Å². The van der Waals surface area contributed by atoms with Gasteiger partial charge in [0.2, 0.25) is 0 Å². The Balaban J connectivity index is 2.57. The van der Waals surface area contributed by atoms with Crippen LogP contribution in [0.2, 0.25) is 0 Å². The van der Waals surface area contributed by atoms with Gasteiger partial charge in [0.15, 0.2) is 0 Å². The number of alkyl carbamates (subject to hydrolysis) is 1. The summed E-state index contributed by atoms with van der Waals surface area (Å²) < 4.78 is 6.02. The summed E-state index contributed by atoms with van der Waals surface area (Å²) in [4.78, 5) is 16.4. The molecule has 0 aliphatic rings. The Bertz CT molecular complexity index is 532. The number of para-hydroxylation sites is 1. The molecule has 1 unspecified atom stereocenters. The van der Waals surface area contributed by atoms with Crippen molar-refractivity contribution in [3.8, 4) is 0 Å². The van der Waals surface area contributed by atoms with E-state index in [0.29, 0.717) is 11.3 Å². The van der Waals surface area contributed by atoms with Crippen molar-refractivity contribution in [2.24, 2.45) is 4.99 Å². The first-order valence-corrected chi connectivity index (χ1v) is 10.1. The fourth-order valence-corrected chi connectivity index (χ4v) is 2.74. The van der Waals surface area contributed by atoms with E-state index < -0.39 is 11.7 Å². The summed E-state index contributed by atoms with van der Waals surface area (Å²) in [6.45, 7) is 6.04. The van der Waals surface area contributed by atoms with E-state index in [1.165, 1.54) is 0 Å². The average molecular weight is 415 g/mol. The molecule has 133 valence electrons. The van der Waals surface area contributed by atoms with Crippen LogP contribution in [0.5, 0.6) is 0 Å². The van der Waals surface area contributed by atoms with Crippen LogP contribution in [0.1, 0.15) is 27.2 Å². The Morgan fingerprint density at radius 1 is 1.33 bits per heavy atom. The Hall–Kier alpha value is -1.17. The van der Waals surface area contributed by atoms with Gasteiger partial charge in [-0.2, -0.15) is 0 Å². The van der Waals surface area contributed by atoms with Gasteiger partial charge in [0.1, 0.15) is 0 Å². The van der Waals surface area contributed by atoms with Crippen LogP contribution in [0, 0.1) is 0 Å². The van der Waals surface area contributed by atoms with Crippen LogP contribution in [0.25, 0.3) is 0 Å². The van der Waals surface area contributed by atoms with Gasteiger partial charge in [0, 0.05) is 0 Å². The number of nitrogens with zero attached hydrogens (tertiary/aromatic N) is 1. The number of ether oxygens (including phenoxy) is 1. The van der Waals surface area contributed by atoms with Crippen LogP contribution in [0.4, 0.5) is 10.5 Å². The molecule has 1 aromatic rings. The number of hydrogen-bond acceptors (Lipinski definition) is 4. The van der Waals surface area contributed by atoms with Crippen molar-refractivity contribution in [1.29, 1.82) is 0 Å². The second-order valence-electron chi connectivity index (χ2n) is 6.26. The summed E-state index contributed by atoms with van der Waals surface area (Å²) in [6, 6.07) is 9.76. The number of aliphatic imine (C=N–C) groups is 1. The minimum atomic E-state index is -0.504. The van der Waals surface area contributed by atoms with E-state index in [1.54, 1.807) is 11.8 Å². The van der Waals surface area contributed by atoms with Crippen molar-refractivity contribution in [1.82, 2.24) is 5.32 Å². The minimum absolute atomic E-state index is 0.0618. The van der Waals surface area contributed by atoms with Gasteiger partial charge >= 0.3 is 157 Å². The SMILES string of the molecule is CSCCC(CN=C([Se])Nc1ccccc1)NC(=O)OC(C)(C)C. The van der Waals surface area contributed by atoms with Crippen LogP contribution in [-0.4, -0.2) is 57.0 Å². The predicted octanol–water partition coefficient (Wildman–Crippen LogP) is 3.27. The molecule has 2 N–H and O–H groups in total. The van der Waals surface area contributed by atoms with Gasteiger partial charge in [-0.15, -0.1) is 0 Å². The standard InChI is InChI=1S/C17H26N3O2SSe/c1-17(2,3)22-16(21)20-14(10-11-23-4)12-18-15(24)19-13-8-6-5-7-9-13/h5-9,14H,10-12H2,1-4H3,(H,18,19)(H,20,21). The third kappa shape index (κ3) is 9.85. The van der Waals surface area contributed by atoms with Gasteiger partial charge in [-0.3, -0.25) is 0 Å². The van der Waals surface area contributed by atoms with E-state index in [-0.39, 0.29) is 6.04 Å². The molecule has 0 aliphatic carbocycles. The summed E-state index contributed by atoms with van der Waals surface area (Å²) in [6.07, 6.45) is 2.48. The average Bonchev–Trinajstić information content (AvgIpc) is 2.49. The van der Waals surface area contributed by atoms with Crippen molar-refractivity contribution >= 4 is 44.3 Å². The van der Waals surface area contributed by atoms with E-state index in [4.69, 9.17) is 4.74 Å². The topological polar surface area (TPSA) is 62.7 Å². The van der Waals surface area contributed by atoms with E-state index >= 15 is 0 Å². The number of benzene rings is 1. The third-order valence-corrected chi connectivity index (χ3v) is 4.00. The second kappa shape index (κ2) is 10.6. The molecular weight excluding hydrogens is 389 g/mol. The normalized spacial score (nSPS) is 13.2. The number of nitrogens with one attached hydrogen (secondary N) is 2. The molecule has 0 saturated carbocycles. The predicted molar refractivity (Wildman–Crippen MR) is 104 cm³/mol. The summed E-state index contributed by atoms with van der Waals surface area (Å²) >= 11 is 4.66. The molecule has 5 nitrogen and oxygen atoms in total. The summed E-state index contributed by atoms with van der Waals surface area (Å²) in [5.74, 6) is 0.949. The first kappa shape index (κ1) is 20.9. The zero-order valence-electron chi connectivity index (χ0n) is 14.7. The number of carbonyl (C=O) groups is 1. The van der Waals surface area contributed by atoms with Crippen LogP contribution in [0.15, 0.2) is 35.3 Å². The number of amidine groups is 1. The maximum absolute atomic E-state index is 12.0. The van der Waals surface area contributed by atoms with Gasteiger partial charge in [-0.25, -0.2) is 0 Å². The number of anilines is 1. The van der Waals surface area contributed by atoms with E-state index in [0.717, 1.165) is 17.9 Å². The zero-order chi connectivity index (χ0) is 18.0. The van der Waals surface area contributed by atoms with E-state index in [1.807, 2.05) is 57.4 Å². The van der Waals surface area contributed by atoms with Crippen LogP contribution >= 0.6 is 11.8 Å². The maximum atomic E-state index is 12.0. The van der Waals surface area contributed by atoms with E-state index in [9.17, 15) is 4.79 Å². The number of hydrogen-bond donors (Lipinski definition) is 2. The fraction of sp³-hybridized carbons (Fsp3) is 0.529. The molecule has 0 saturated heterocycles. The van der Waals surface area contributed by atoms with Crippen molar-refractivity contribution in [2.45, 2.75) is 38.8 Å². The molecule has 1 aromatic carbocycles. The van der Waals surface area contributed by atoms with Crippen molar-refractivity contribution in [3.05, 3.63) is 30.3 Å². The number of rotatable bonds is 7. The summed E-state index contributed by atoms with van der Waals surface area (Å²) in [5.41, 5.74) is 0.464. The summed E-state index contributed by atoms with van der Waals surface area (Å²) in [7, 11) is 0. The second-order valence-corrected chi connectivity index (χ2v) is 8.06. The van der Waals surface area contributed by atoms with Crippen molar-refractivity contribution in [3.63, 3.8) is 0 Å². The van der Waals surface area contributed by atoms with Gasteiger partial charge in [-0.1, -0.05) is 0 Å². The molecule has 1 atom stereocenters. The monoisotopic (exact) mass is 416 g/mol. The van der Waals surface area contributed by atoms with Crippen molar-refractivity contribution in [2.75, 3.05) is 23.9 Å². The van der Waals surface area contributed by atoms with Crippen molar-refractivity contribution < 1.29 is 9.53 Å². The molecule has 0 fully saturated rings. The quantitative estimate of drug-likeness (QED) is 0.408. The third-order valence-electron chi connectivity index (χ3n) is 2.87. The van der Waals surface area contributed by atoms with Gasteiger partial charge in [0.25, 0.3) is 0 Å². The molecular formula is C17H26N3O2SSe. The Morgan fingerprint density at radius 3 is 2.58 bits per heavy atom. The molecule has 0 spiro atoms. The van der Waals surface area contributed by atoms with Crippen LogP contribution in [0.3, 0.4) is 0 Å². The van der Waals surface area contributed by atoms with Gasteiger partial charge in [0.05, 0.1) is 0 Å². The van der Waals surface area contributed by atoms with E-state index in [2.05, 4.69) is 31.6 Å². The molecule has 1 radical (unpaired) electrons. The molecule has 7 heteroatoms. The van der Waals surface area contributed by atoms with Crippen LogP contribution in [-0.2, 0) is 4.74 Å². The number of carbonyl (C=O) groups excluding carboxylic acids is 1. The molecule has 1 rings (SSSR count).